The molecule has 18 heavy (non-hydrogen) atoms. The number of amides is 1. The van der Waals surface area contributed by atoms with E-state index in [4.69, 9.17) is 15.9 Å². The molecule has 5 N–H and O–H groups in total. The molecule has 0 aliphatic carbocycles. The van der Waals surface area contributed by atoms with Gasteiger partial charge in [-0.25, -0.2) is 4.79 Å². The molecule has 0 heterocycles. The molecule has 0 aromatic carbocycles. The Morgan fingerprint density at radius 1 is 1.28 bits per heavy atom. The number of aliphatic carboxylic acids is 1. The second-order valence-electron chi connectivity index (χ2n) is 4.38. The van der Waals surface area contributed by atoms with E-state index in [0.717, 1.165) is 19.3 Å². The molecule has 0 radical (unpaired) electrons. The molecule has 6 heteroatoms. The van der Waals surface area contributed by atoms with E-state index in [2.05, 4.69) is 12.2 Å². The molecule has 0 aromatic rings. The van der Waals surface area contributed by atoms with Gasteiger partial charge in [-0.3, -0.25) is 4.79 Å². The van der Waals surface area contributed by atoms with Crippen LogP contribution in [-0.4, -0.2) is 41.3 Å². The molecule has 106 valence electrons. The van der Waals surface area contributed by atoms with Crippen LogP contribution in [0.15, 0.2) is 0 Å². The molecule has 0 aromatic heterocycles. The first-order valence-corrected chi connectivity index (χ1v) is 6.38. The summed E-state index contributed by atoms with van der Waals surface area (Å²) in [6.07, 6.45) is 1.75. The van der Waals surface area contributed by atoms with Crippen LogP contribution < -0.4 is 11.1 Å². The van der Waals surface area contributed by atoms with Gasteiger partial charge < -0.3 is 21.3 Å². The van der Waals surface area contributed by atoms with Gasteiger partial charge in [-0.05, 0) is 25.3 Å². The summed E-state index contributed by atoms with van der Waals surface area (Å²) in [4.78, 5) is 21.8. The van der Waals surface area contributed by atoms with E-state index in [1.807, 2.05) is 0 Å². The molecule has 6 nitrogen and oxygen atoms in total. The quantitative estimate of drug-likeness (QED) is 0.445. The maximum atomic E-state index is 11.4. The predicted molar refractivity (Wildman–Crippen MR) is 68.0 cm³/mol. The highest BCUT2D eigenvalue weighted by Gasteiger charge is 2.13. The lowest BCUT2D eigenvalue weighted by Gasteiger charge is -2.13. The zero-order valence-corrected chi connectivity index (χ0v) is 10.9. The van der Waals surface area contributed by atoms with Crippen molar-refractivity contribution in [3.63, 3.8) is 0 Å². The van der Waals surface area contributed by atoms with Gasteiger partial charge >= 0.3 is 5.97 Å². The number of hydrogen-bond acceptors (Lipinski definition) is 4. The topological polar surface area (TPSA) is 113 Å². The minimum Gasteiger partial charge on any atom is -0.479 e. The van der Waals surface area contributed by atoms with Crippen molar-refractivity contribution >= 4 is 11.9 Å². The van der Waals surface area contributed by atoms with Gasteiger partial charge in [-0.2, -0.15) is 0 Å². The van der Waals surface area contributed by atoms with Gasteiger partial charge in [-0.1, -0.05) is 13.3 Å². The summed E-state index contributed by atoms with van der Waals surface area (Å²) in [6.45, 7) is 2.88. The van der Waals surface area contributed by atoms with Crippen molar-refractivity contribution in [3.05, 3.63) is 0 Å². The first-order valence-electron chi connectivity index (χ1n) is 6.38. The van der Waals surface area contributed by atoms with E-state index in [0.29, 0.717) is 18.9 Å². The highest BCUT2D eigenvalue weighted by Crippen LogP contribution is 2.14. The minimum atomic E-state index is -1.41. The number of carbonyl (C=O) groups excluding carboxylic acids is 1. The number of aliphatic hydroxyl groups is 1. The highest BCUT2D eigenvalue weighted by molar-refractivity contribution is 5.76. The second kappa shape index (κ2) is 9.85. The number of hydrogen-bond donors (Lipinski definition) is 4. The maximum absolute atomic E-state index is 11.4. The molecule has 0 aliphatic heterocycles. The zero-order valence-electron chi connectivity index (χ0n) is 10.9. The van der Waals surface area contributed by atoms with Gasteiger partial charge in [-0.15, -0.1) is 0 Å². The summed E-state index contributed by atoms with van der Waals surface area (Å²) in [6, 6.07) is 0. The fourth-order valence-corrected chi connectivity index (χ4v) is 1.68. The number of rotatable bonds is 10. The van der Waals surface area contributed by atoms with Crippen LogP contribution in [0.3, 0.4) is 0 Å². The number of aliphatic hydroxyl groups excluding tert-OH is 1. The average molecular weight is 260 g/mol. The highest BCUT2D eigenvalue weighted by atomic mass is 16.4. The number of carbonyl (C=O) groups is 2. The molecule has 0 saturated carbocycles. The SMILES string of the molecule is CCC(CCN)CCC(=O)NCC[C@H](O)C(=O)O. The smallest absolute Gasteiger partial charge is 0.332 e. The summed E-state index contributed by atoms with van der Waals surface area (Å²) in [5.74, 6) is -0.910. The molecule has 0 fully saturated rings. The summed E-state index contributed by atoms with van der Waals surface area (Å²) >= 11 is 0. The Hall–Kier alpha value is -1.14. The molecule has 1 amide bonds. The Kier molecular flexibility index (Phi) is 9.22. The van der Waals surface area contributed by atoms with Gasteiger partial charge in [0, 0.05) is 19.4 Å². The Balaban J connectivity index is 3.68. The van der Waals surface area contributed by atoms with Crippen molar-refractivity contribution in [1.82, 2.24) is 5.32 Å². The Bertz CT molecular complexity index is 258. The molecule has 2 atom stereocenters. The van der Waals surface area contributed by atoms with Crippen LogP contribution in [0.2, 0.25) is 0 Å². The van der Waals surface area contributed by atoms with Gasteiger partial charge in [0.05, 0.1) is 0 Å². The Morgan fingerprint density at radius 2 is 1.94 bits per heavy atom. The van der Waals surface area contributed by atoms with Crippen molar-refractivity contribution in [2.75, 3.05) is 13.1 Å². The molecule has 0 saturated heterocycles. The van der Waals surface area contributed by atoms with Crippen molar-refractivity contribution in [1.29, 1.82) is 0 Å². The van der Waals surface area contributed by atoms with Crippen LogP contribution in [0.1, 0.15) is 39.0 Å². The predicted octanol–water partition coefficient (Wildman–Crippen LogP) is 0.0934. The van der Waals surface area contributed by atoms with E-state index in [-0.39, 0.29) is 18.9 Å². The number of nitrogens with one attached hydrogen (secondary N) is 1. The molecule has 0 aliphatic rings. The molecular formula is C12H24N2O4. The maximum Gasteiger partial charge on any atom is 0.332 e. The van der Waals surface area contributed by atoms with Crippen molar-refractivity contribution in [3.8, 4) is 0 Å². The van der Waals surface area contributed by atoms with Crippen molar-refractivity contribution < 1.29 is 19.8 Å². The minimum absolute atomic E-state index is 0.0288. The van der Waals surface area contributed by atoms with Crippen molar-refractivity contribution in [2.45, 2.75) is 45.1 Å². The van der Waals surface area contributed by atoms with Gasteiger partial charge in [0.1, 0.15) is 0 Å². The van der Waals surface area contributed by atoms with Crippen LogP contribution in [0.4, 0.5) is 0 Å². The van der Waals surface area contributed by atoms with Gasteiger partial charge in [0.2, 0.25) is 5.91 Å². The van der Waals surface area contributed by atoms with E-state index in [1.54, 1.807) is 0 Å². The standard InChI is InChI=1S/C12H24N2O4/c1-2-9(5-7-13)3-4-11(16)14-8-6-10(15)12(17)18/h9-10,15H,2-8,13H2,1H3,(H,14,16)(H,17,18)/t9?,10-/m0/s1. The summed E-state index contributed by atoms with van der Waals surface area (Å²) in [5.41, 5.74) is 5.47. The lowest BCUT2D eigenvalue weighted by atomic mass is 9.96. The largest absolute Gasteiger partial charge is 0.479 e. The monoisotopic (exact) mass is 260 g/mol. The third-order valence-corrected chi connectivity index (χ3v) is 2.96. The summed E-state index contributed by atoms with van der Waals surface area (Å²) in [7, 11) is 0. The summed E-state index contributed by atoms with van der Waals surface area (Å²) in [5, 5.41) is 20.0. The van der Waals surface area contributed by atoms with Crippen LogP contribution in [0, 0.1) is 5.92 Å². The second-order valence-corrected chi connectivity index (χ2v) is 4.38. The fraction of sp³-hybridized carbons (Fsp3) is 0.833. The first kappa shape index (κ1) is 16.9. The van der Waals surface area contributed by atoms with Crippen LogP contribution in [-0.2, 0) is 9.59 Å². The average Bonchev–Trinajstić information content (AvgIpc) is 2.34. The molecule has 0 spiro atoms. The van der Waals surface area contributed by atoms with E-state index < -0.39 is 12.1 Å². The van der Waals surface area contributed by atoms with E-state index in [1.165, 1.54) is 0 Å². The Labute approximate surface area is 108 Å². The number of carboxylic acids is 1. The van der Waals surface area contributed by atoms with Crippen molar-refractivity contribution in [2.24, 2.45) is 11.7 Å². The molecule has 0 bridgehead atoms. The third-order valence-electron chi connectivity index (χ3n) is 2.96. The lowest BCUT2D eigenvalue weighted by Crippen LogP contribution is -2.30. The normalized spacial score (nSPS) is 13.9. The molecule has 1 unspecified atom stereocenters. The first-order chi connectivity index (χ1) is 8.51. The number of nitrogens with two attached hydrogens (primary N) is 1. The molecular weight excluding hydrogens is 236 g/mol. The van der Waals surface area contributed by atoms with E-state index >= 15 is 0 Å². The van der Waals surface area contributed by atoms with Crippen LogP contribution in [0.25, 0.3) is 0 Å². The Morgan fingerprint density at radius 3 is 2.44 bits per heavy atom. The fourth-order valence-electron chi connectivity index (χ4n) is 1.68. The zero-order chi connectivity index (χ0) is 14.0. The van der Waals surface area contributed by atoms with Crippen LogP contribution in [0.5, 0.6) is 0 Å². The van der Waals surface area contributed by atoms with Gasteiger partial charge in [0.15, 0.2) is 6.10 Å². The van der Waals surface area contributed by atoms with Crippen LogP contribution >= 0.6 is 0 Å². The van der Waals surface area contributed by atoms with E-state index in [9.17, 15) is 9.59 Å². The number of carboxylic acid groups (broad SMARTS) is 1. The summed E-state index contributed by atoms with van der Waals surface area (Å²) < 4.78 is 0. The molecule has 0 rings (SSSR count). The third kappa shape index (κ3) is 8.03. The lowest BCUT2D eigenvalue weighted by molar-refractivity contribution is -0.147. The van der Waals surface area contributed by atoms with Gasteiger partial charge in [0.25, 0.3) is 0 Å².